The molecule has 3 heteroatoms. The molecule has 202 valence electrons. The van der Waals surface area contributed by atoms with E-state index in [0.717, 1.165) is 23.3 Å². The highest BCUT2D eigenvalue weighted by atomic mass is 31.1. The summed E-state index contributed by atoms with van der Waals surface area (Å²) in [5.74, 6) is 1.74. The Balaban J connectivity index is 2.09. The Morgan fingerprint density at radius 1 is 0.684 bits per heavy atom. The maximum absolute atomic E-state index is 5.43. The summed E-state index contributed by atoms with van der Waals surface area (Å²) in [6, 6.07) is 24.3. The molecule has 38 heavy (non-hydrogen) atoms. The first kappa shape index (κ1) is 29.9. The lowest BCUT2D eigenvalue weighted by molar-refractivity contribution is 0.834. The molecule has 0 saturated heterocycles. The zero-order valence-corrected chi connectivity index (χ0v) is 26.1. The zero-order valence-electron chi connectivity index (χ0n) is 25.0. The van der Waals surface area contributed by atoms with Gasteiger partial charge >= 0.3 is 0 Å². The van der Waals surface area contributed by atoms with Gasteiger partial charge in [-0.25, -0.2) is 4.99 Å². The van der Waals surface area contributed by atoms with E-state index in [-0.39, 0.29) is 8.58 Å². The van der Waals surface area contributed by atoms with Gasteiger partial charge in [-0.15, -0.1) is 0 Å². The van der Waals surface area contributed by atoms with E-state index in [1.165, 1.54) is 33.2 Å². The smallest absolute Gasteiger partial charge is 0.102 e. The van der Waals surface area contributed by atoms with Gasteiger partial charge < -0.3 is 5.32 Å². The van der Waals surface area contributed by atoms with Crippen molar-refractivity contribution in [2.45, 2.75) is 86.0 Å². The van der Waals surface area contributed by atoms with Crippen molar-refractivity contribution in [3.63, 3.8) is 0 Å². The molecular weight excluding hydrogens is 479 g/mol. The third-order valence-corrected chi connectivity index (χ3v) is 8.50. The second kappa shape index (κ2) is 13.9. The van der Waals surface area contributed by atoms with Crippen molar-refractivity contribution in [3.05, 3.63) is 101 Å². The summed E-state index contributed by atoms with van der Waals surface area (Å²) in [7, 11) is 0.0874. The van der Waals surface area contributed by atoms with Crippen LogP contribution < -0.4 is 10.6 Å². The van der Waals surface area contributed by atoms with Gasteiger partial charge in [-0.2, -0.15) is 0 Å². The lowest BCUT2D eigenvalue weighted by atomic mass is 9.92. The van der Waals surface area contributed by atoms with Crippen LogP contribution in [0.4, 0.5) is 11.4 Å². The first-order valence-corrected chi connectivity index (χ1v) is 15.6. The Morgan fingerprint density at radius 3 is 1.63 bits per heavy atom. The van der Waals surface area contributed by atoms with Crippen LogP contribution in [0.3, 0.4) is 0 Å². The fraction of sp³-hybridized carbons (Fsp3) is 0.400. The zero-order chi connectivity index (χ0) is 27.8. The number of benzene rings is 3. The van der Waals surface area contributed by atoms with Crippen LogP contribution in [0, 0.1) is 0 Å². The van der Waals surface area contributed by atoms with Crippen LogP contribution in [-0.2, 0) is 0 Å². The number of aliphatic imine (C=N–C) groups is 1. The van der Waals surface area contributed by atoms with Crippen LogP contribution in [0.1, 0.15) is 108 Å². The van der Waals surface area contributed by atoms with E-state index in [1.807, 2.05) is 0 Å². The summed E-state index contributed by atoms with van der Waals surface area (Å²) < 4.78 is 0. The van der Waals surface area contributed by atoms with Gasteiger partial charge in [-0.1, -0.05) is 110 Å². The molecule has 0 aliphatic carbocycles. The third-order valence-electron chi connectivity index (χ3n) is 7.02. The van der Waals surface area contributed by atoms with Crippen LogP contribution in [0.25, 0.3) is 0 Å². The second-order valence-electron chi connectivity index (χ2n) is 11.6. The SMILES string of the molecule is C/C(=C\C(C[PH2+]c1ccccc1)=Nc1c(C(C)C)cccc1C(C)C)Nc1c(C(C)C)cccc1C(C)C. The molecule has 0 bridgehead atoms. The molecule has 2 nitrogen and oxygen atoms in total. The average molecular weight is 528 g/mol. The Morgan fingerprint density at radius 2 is 1.16 bits per heavy atom. The van der Waals surface area contributed by atoms with Crippen molar-refractivity contribution >= 4 is 31.0 Å². The van der Waals surface area contributed by atoms with Gasteiger partial charge in [-0.05, 0) is 71.1 Å². The minimum atomic E-state index is 0.0874. The molecule has 0 saturated carbocycles. The Kier molecular flexibility index (Phi) is 10.9. The van der Waals surface area contributed by atoms with Gasteiger partial charge in [0.2, 0.25) is 0 Å². The lowest BCUT2D eigenvalue weighted by Crippen LogP contribution is -2.09. The number of para-hydroxylation sites is 2. The van der Waals surface area contributed by atoms with Crippen molar-refractivity contribution in [1.29, 1.82) is 0 Å². The Bertz CT molecular complexity index is 1200. The molecule has 0 fully saturated rings. The van der Waals surface area contributed by atoms with Gasteiger partial charge in [0.15, 0.2) is 0 Å². The van der Waals surface area contributed by atoms with Crippen LogP contribution in [0.2, 0.25) is 0 Å². The highest BCUT2D eigenvalue weighted by Gasteiger charge is 2.17. The van der Waals surface area contributed by atoms with Gasteiger partial charge in [-0.3, -0.25) is 0 Å². The Labute approximate surface area is 233 Å². The lowest BCUT2D eigenvalue weighted by Gasteiger charge is -2.21. The molecule has 1 unspecified atom stereocenters. The van der Waals surface area contributed by atoms with Gasteiger partial charge in [0.05, 0.1) is 16.7 Å². The summed E-state index contributed by atoms with van der Waals surface area (Å²) in [5, 5.41) is 5.24. The van der Waals surface area contributed by atoms with Crippen LogP contribution >= 0.6 is 8.58 Å². The number of allylic oxidation sites excluding steroid dienone is 2. The standard InChI is InChI=1S/C35H47N2P/c1-23(2)30-17-13-18-31(24(3)4)34(30)36-27(9)21-28(22-38-29-15-11-10-12-16-29)37-35-32(25(5)6)19-14-20-33(35)26(7)8/h10-21,23-26,36,38H,22H2,1-9H3/p+1/b27-21+,37-28?. The monoisotopic (exact) mass is 527 g/mol. The summed E-state index contributed by atoms with van der Waals surface area (Å²) in [5.41, 5.74) is 10.1. The predicted molar refractivity (Wildman–Crippen MR) is 174 cm³/mol. The predicted octanol–water partition coefficient (Wildman–Crippen LogP) is 10.0. The highest BCUT2D eigenvalue weighted by Crippen LogP contribution is 2.36. The van der Waals surface area contributed by atoms with Gasteiger partial charge in [0, 0.05) is 20.0 Å². The first-order chi connectivity index (χ1) is 18.1. The van der Waals surface area contributed by atoms with Crippen molar-refractivity contribution in [3.8, 4) is 0 Å². The molecular formula is C35H48N2P+. The maximum Gasteiger partial charge on any atom is 0.102 e. The maximum atomic E-state index is 5.43. The van der Waals surface area contributed by atoms with Crippen molar-refractivity contribution < 1.29 is 0 Å². The quantitative estimate of drug-likeness (QED) is 0.195. The minimum absolute atomic E-state index is 0.0874. The number of rotatable bonds is 11. The normalized spacial score (nSPS) is 13.1. The summed E-state index contributed by atoms with van der Waals surface area (Å²) >= 11 is 0. The number of anilines is 1. The molecule has 0 aliphatic rings. The fourth-order valence-corrected chi connectivity index (χ4v) is 6.06. The van der Waals surface area contributed by atoms with Gasteiger partial charge in [0.25, 0.3) is 0 Å². The summed E-state index contributed by atoms with van der Waals surface area (Å²) in [6.45, 7) is 20.4. The van der Waals surface area contributed by atoms with E-state index in [1.54, 1.807) is 0 Å². The Hall–Kier alpha value is -2.70. The van der Waals surface area contributed by atoms with E-state index in [9.17, 15) is 0 Å². The van der Waals surface area contributed by atoms with E-state index in [2.05, 4.69) is 140 Å². The highest BCUT2D eigenvalue weighted by molar-refractivity contribution is 7.48. The van der Waals surface area contributed by atoms with Crippen LogP contribution in [0.5, 0.6) is 0 Å². The van der Waals surface area contributed by atoms with Crippen molar-refractivity contribution in [2.24, 2.45) is 4.99 Å². The van der Waals surface area contributed by atoms with E-state index in [4.69, 9.17) is 4.99 Å². The molecule has 0 aromatic heterocycles. The van der Waals surface area contributed by atoms with Crippen LogP contribution in [0.15, 0.2) is 83.5 Å². The van der Waals surface area contributed by atoms with Crippen LogP contribution in [-0.4, -0.2) is 11.9 Å². The molecule has 0 spiro atoms. The van der Waals surface area contributed by atoms with E-state index < -0.39 is 0 Å². The first-order valence-electron chi connectivity index (χ1n) is 14.2. The fourth-order valence-electron chi connectivity index (χ4n) is 4.91. The largest absolute Gasteiger partial charge is 0.359 e. The van der Waals surface area contributed by atoms with Crippen molar-refractivity contribution in [2.75, 3.05) is 11.5 Å². The molecule has 1 N–H and O–H groups in total. The van der Waals surface area contributed by atoms with E-state index >= 15 is 0 Å². The molecule has 3 aromatic carbocycles. The van der Waals surface area contributed by atoms with Gasteiger partial charge in [0.1, 0.15) is 6.16 Å². The topological polar surface area (TPSA) is 24.4 Å². The molecule has 0 aliphatic heterocycles. The molecule has 3 aromatic rings. The molecule has 0 radical (unpaired) electrons. The number of hydrogen-bond acceptors (Lipinski definition) is 2. The minimum Gasteiger partial charge on any atom is -0.359 e. The average Bonchev–Trinajstić information content (AvgIpc) is 2.87. The third kappa shape index (κ3) is 7.90. The number of nitrogens with zero attached hydrogens (tertiary/aromatic N) is 1. The second-order valence-corrected chi connectivity index (χ2v) is 13.1. The molecule has 0 heterocycles. The number of nitrogens with one attached hydrogen (secondary N) is 1. The van der Waals surface area contributed by atoms with E-state index in [0.29, 0.717) is 23.7 Å². The summed E-state index contributed by atoms with van der Waals surface area (Å²) in [6.07, 6.45) is 3.26. The van der Waals surface area contributed by atoms with Crippen molar-refractivity contribution in [1.82, 2.24) is 0 Å². The number of hydrogen-bond donors (Lipinski definition) is 1. The molecule has 1 atom stereocenters. The molecule has 3 rings (SSSR count). The summed E-state index contributed by atoms with van der Waals surface area (Å²) in [4.78, 5) is 5.43. The molecule has 0 amide bonds.